The van der Waals surface area contributed by atoms with Gasteiger partial charge in [0.05, 0.1) is 32.2 Å². The van der Waals surface area contributed by atoms with Crippen molar-refractivity contribution in [1.29, 1.82) is 0 Å². The maximum atomic E-state index is 13.2. The first-order valence-corrected chi connectivity index (χ1v) is 20.7. The molecule has 0 bridgehead atoms. The van der Waals surface area contributed by atoms with Crippen molar-refractivity contribution in [2.75, 3.05) is 52.9 Å². The first kappa shape index (κ1) is 53.9. The Kier molecular flexibility index (Phi) is 31.1. The quantitative estimate of drug-likeness (QED) is 0.0583. The van der Waals surface area contributed by atoms with Crippen LogP contribution >= 0.6 is 0 Å². The van der Waals surface area contributed by atoms with Crippen molar-refractivity contribution in [2.45, 2.75) is 142 Å². The molecule has 0 radical (unpaired) electrons. The van der Waals surface area contributed by atoms with E-state index in [9.17, 15) is 37.5 Å². The first-order valence-electron chi connectivity index (χ1n) is 20.7. The van der Waals surface area contributed by atoms with Crippen LogP contribution in [0.1, 0.15) is 117 Å². The summed E-state index contributed by atoms with van der Waals surface area (Å²) in [5.74, 6) is -2.90. The van der Waals surface area contributed by atoms with Gasteiger partial charge in [0.2, 0.25) is 11.6 Å². The average molecular weight is 865 g/mol. The number of aliphatic hydroxyl groups excluding tert-OH is 2. The summed E-state index contributed by atoms with van der Waals surface area (Å²) in [7, 11) is 0. The highest BCUT2D eigenvalue weighted by atomic mass is 19.1. The Morgan fingerprint density at radius 1 is 0.583 bits per heavy atom. The number of nitrogens with zero attached hydrogens (tertiary/aromatic N) is 2. The third-order valence-electron chi connectivity index (χ3n) is 8.68. The number of hydrogen-bond donors (Lipinski definition) is 4. The molecule has 0 spiro atoms. The lowest BCUT2D eigenvalue weighted by Crippen LogP contribution is -2.32. The minimum absolute atomic E-state index is 0.00977. The largest absolute Gasteiger partial charge is 0.462 e. The van der Waals surface area contributed by atoms with Crippen LogP contribution in [0.4, 0.5) is 8.78 Å². The summed E-state index contributed by atoms with van der Waals surface area (Å²) in [6.45, 7) is 4.61. The number of aromatic amines is 2. The van der Waals surface area contributed by atoms with Gasteiger partial charge in [-0.2, -0.15) is 8.78 Å². The summed E-state index contributed by atoms with van der Waals surface area (Å²) in [5, 5.41) is 17.7. The van der Waals surface area contributed by atoms with E-state index in [1.807, 2.05) is 9.97 Å². The number of aromatic nitrogens is 4. The van der Waals surface area contributed by atoms with Crippen LogP contribution in [0.3, 0.4) is 0 Å². The summed E-state index contributed by atoms with van der Waals surface area (Å²) in [4.78, 5) is 70.4. The number of rotatable bonds is 34. The van der Waals surface area contributed by atoms with Crippen molar-refractivity contribution in [2.24, 2.45) is 0 Å². The molecular formula is C40H66F2N4O14. The van der Waals surface area contributed by atoms with Gasteiger partial charge in [0.1, 0.15) is 26.2 Å². The lowest BCUT2D eigenvalue weighted by Gasteiger charge is -2.16. The van der Waals surface area contributed by atoms with Crippen LogP contribution in [0, 0.1) is 11.6 Å². The second-order valence-electron chi connectivity index (χ2n) is 14.2. The number of carbonyl (C=O) groups excluding carboxylic acids is 2. The predicted molar refractivity (Wildman–Crippen MR) is 215 cm³/mol. The van der Waals surface area contributed by atoms with E-state index < -0.39 is 58.3 Å². The smallest absolute Gasteiger partial charge is 0.330 e. The van der Waals surface area contributed by atoms with Crippen molar-refractivity contribution < 1.29 is 57.0 Å². The maximum absolute atomic E-state index is 13.2. The number of nitrogens with one attached hydrogen (secondary N) is 2. The Hall–Kier alpha value is -4.08. The summed E-state index contributed by atoms with van der Waals surface area (Å²) in [5.41, 5.74) is -3.44. The van der Waals surface area contributed by atoms with Gasteiger partial charge in [-0.15, -0.1) is 0 Å². The predicted octanol–water partition coefficient (Wildman–Crippen LogP) is 3.42. The molecule has 0 saturated heterocycles. The number of aliphatic hydroxyl groups is 2. The number of hydrogen-bond acceptors (Lipinski definition) is 14. The van der Waals surface area contributed by atoms with Crippen LogP contribution in [0.25, 0.3) is 0 Å². The maximum Gasteiger partial charge on any atom is 0.330 e. The zero-order valence-corrected chi connectivity index (χ0v) is 35.1. The molecule has 2 heterocycles. The fourth-order valence-electron chi connectivity index (χ4n) is 5.47. The second kappa shape index (κ2) is 34.6. The van der Waals surface area contributed by atoms with Gasteiger partial charge in [0.15, 0.2) is 6.10 Å². The van der Waals surface area contributed by atoms with Crippen LogP contribution in [0.5, 0.6) is 0 Å². The molecule has 0 aliphatic heterocycles. The molecule has 0 aliphatic rings. The van der Waals surface area contributed by atoms with E-state index in [2.05, 4.69) is 0 Å². The van der Waals surface area contributed by atoms with E-state index in [-0.39, 0.29) is 39.9 Å². The van der Waals surface area contributed by atoms with E-state index in [1.54, 1.807) is 0 Å². The zero-order valence-electron chi connectivity index (χ0n) is 35.1. The molecule has 344 valence electrons. The molecule has 2 aromatic heterocycles. The Morgan fingerprint density at radius 2 is 0.950 bits per heavy atom. The normalized spacial score (nSPS) is 12.1. The fraction of sp³-hybridized carbons (Fsp3) is 0.750. The lowest BCUT2D eigenvalue weighted by molar-refractivity contribution is -0.159. The van der Waals surface area contributed by atoms with Gasteiger partial charge in [0.25, 0.3) is 11.1 Å². The number of ether oxygens (including phenoxy) is 6. The summed E-state index contributed by atoms with van der Waals surface area (Å²) in [6, 6.07) is 0. The molecular weight excluding hydrogens is 798 g/mol. The van der Waals surface area contributed by atoms with Crippen LogP contribution in [-0.4, -0.2) is 106 Å². The van der Waals surface area contributed by atoms with E-state index in [1.165, 1.54) is 13.8 Å². The molecule has 18 nitrogen and oxygen atoms in total. The Morgan fingerprint density at radius 3 is 1.32 bits per heavy atom. The van der Waals surface area contributed by atoms with Crippen LogP contribution < -0.4 is 22.5 Å². The molecule has 0 fully saturated rings. The molecule has 2 rings (SSSR count). The van der Waals surface area contributed by atoms with Gasteiger partial charge in [-0.3, -0.25) is 38.3 Å². The standard InChI is InChI=1S/C22H35FN2O8.C18H31FN2O6/c1-17(26)32-15-19(33-18(2)27)14-30-11-9-7-5-3-4-6-8-10-12-31-16-25-13-20(23)21(28)24-22(25)29;19-16-11-21(18(25)20-17(16)24)14-27-10-8-6-4-2-1-3-5-7-9-26-13-15(23)12-22/h13,19H,3-12,14-16H2,1-2H3,(H,24,28,29);11,15,22-23H,1-10,12-14H2,(H,20,24,25). The van der Waals surface area contributed by atoms with Gasteiger partial charge < -0.3 is 38.6 Å². The van der Waals surface area contributed by atoms with E-state index in [0.717, 1.165) is 124 Å². The number of unbranched alkanes of at least 4 members (excludes halogenated alkanes) is 14. The lowest BCUT2D eigenvalue weighted by atomic mass is 10.1. The van der Waals surface area contributed by atoms with Crippen molar-refractivity contribution in [1.82, 2.24) is 19.1 Å². The highest BCUT2D eigenvalue weighted by Crippen LogP contribution is 2.10. The van der Waals surface area contributed by atoms with E-state index >= 15 is 0 Å². The fourth-order valence-corrected chi connectivity index (χ4v) is 5.47. The number of carbonyl (C=O) groups is 2. The van der Waals surface area contributed by atoms with E-state index in [4.69, 9.17) is 38.6 Å². The SMILES string of the molecule is CC(=O)OCC(COCCCCCCCCCCOCn1cc(F)c(=O)[nH]c1=O)OC(C)=O.O=c1[nH]c(=O)n(COCCCCCCCCCCOCC(O)CO)cc1F. The highest BCUT2D eigenvalue weighted by Gasteiger charge is 2.14. The van der Waals surface area contributed by atoms with Gasteiger partial charge in [-0.25, -0.2) is 9.59 Å². The topological polar surface area (TPSA) is 240 Å². The van der Waals surface area contributed by atoms with Gasteiger partial charge in [-0.1, -0.05) is 77.0 Å². The first-order chi connectivity index (χ1) is 28.8. The minimum Gasteiger partial charge on any atom is -0.462 e. The third kappa shape index (κ3) is 28.4. The van der Waals surface area contributed by atoms with Gasteiger partial charge >= 0.3 is 23.3 Å². The number of esters is 2. The summed E-state index contributed by atoms with van der Waals surface area (Å²) < 4.78 is 59.6. The molecule has 0 amide bonds. The Balaban J connectivity index is 0.000000612. The Labute approximate surface area is 348 Å². The van der Waals surface area contributed by atoms with Crippen molar-refractivity contribution in [3.63, 3.8) is 0 Å². The highest BCUT2D eigenvalue weighted by molar-refractivity contribution is 5.67. The zero-order chi connectivity index (χ0) is 44.4. The second-order valence-corrected chi connectivity index (χ2v) is 14.2. The molecule has 4 N–H and O–H groups in total. The molecule has 60 heavy (non-hydrogen) atoms. The summed E-state index contributed by atoms with van der Waals surface area (Å²) >= 11 is 0. The molecule has 0 aromatic carbocycles. The number of H-pyrrole nitrogens is 2. The molecule has 2 aromatic rings. The molecule has 0 saturated carbocycles. The van der Waals surface area contributed by atoms with Crippen molar-refractivity contribution in [3.8, 4) is 0 Å². The third-order valence-corrected chi connectivity index (χ3v) is 8.68. The van der Waals surface area contributed by atoms with Crippen LogP contribution in [0.2, 0.25) is 0 Å². The van der Waals surface area contributed by atoms with Gasteiger partial charge in [0, 0.05) is 40.3 Å². The molecule has 2 atom stereocenters. The van der Waals surface area contributed by atoms with Crippen molar-refractivity contribution >= 4 is 11.9 Å². The molecule has 20 heteroatoms. The average Bonchev–Trinajstić information content (AvgIpc) is 3.20. The molecule has 2 unspecified atom stereocenters. The van der Waals surface area contributed by atoms with Crippen LogP contribution in [0.15, 0.2) is 31.6 Å². The monoisotopic (exact) mass is 864 g/mol. The Bertz CT molecular complexity index is 1680. The van der Waals surface area contributed by atoms with Crippen molar-refractivity contribution in [3.05, 3.63) is 65.7 Å². The van der Waals surface area contributed by atoms with Gasteiger partial charge in [-0.05, 0) is 25.7 Å². The van der Waals surface area contributed by atoms with Crippen LogP contribution in [-0.2, 0) is 51.5 Å². The minimum atomic E-state index is -1.03. The molecule has 0 aliphatic carbocycles. The van der Waals surface area contributed by atoms with E-state index in [0.29, 0.717) is 26.4 Å². The summed E-state index contributed by atoms with van der Waals surface area (Å²) in [6.07, 6.45) is 17.0. The number of halogens is 2.